The van der Waals surface area contributed by atoms with E-state index in [9.17, 15) is 22.9 Å². The summed E-state index contributed by atoms with van der Waals surface area (Å²) in [5, 5.41) is 10.5. The summed E-state index contributed by atoms with van der Waals surface area (Å²) in [6.45, 7) is 0.108. The van der Waals surface area contributed by atoms with Crippen molar-refractivity contribution >= 4 is 15.7 Å². The van der Waals surface area contributed by atoms with Gasteiger partial charge in [-0.05, 0) is 30.2 Å². The minimum Gasteiger partial charge on any atom is -0.258 e. The molecular formula is C14H13FN2O4S. The Kier molecular flexibility index (Phi) is 4.84. The molecule has 2 aromatic rings. The van der Waals surface area contributed by atoms with Crippen LogP contribution in [0.2, 0.25) is 0 Å². The normalized spacial score (nSPS) is 11.3. The second-order valence-corrected chi connectivity index (χ2v) is 6.30. The van der Waals surface area contributed by atoms with Gasteiger partial charge in [0, 0.05) is 18.7 Å². The second-order valence-electron chi connectivity index (χ2n) is 4.53. The monoisotopic (exact) mass is 324 g/mol. The predicted octanol–water partition coefficient (Wildman–Crippen LogP) is 2.25. The maximum Gasteiger partial charge on any atom is 0.269 e. The van der Waals surface area contributed by atoms with E-state index in [-0.39, 0.29) is 17.1 Å². The molecule has 0 unspecified atom stereocenters. The fourth-order valence-electron chi connectivity index (χ4n) is 1.83. The zero-order valence-electron chi connectivity index (χ0n) is 11.4. The highest BCUT2D eigenvalue weighted by molar-refractivity contribution is 7.89. The van der Waals surface area contributed by atoms with Crippen molar-refractivity contribution in [2.45, 2.75) is 11.3 Å². The number of nitrogens with zero attached hydrogens (tertiary/aromatic N) is 1. The number of nitro groups is 1. The van der Waals surface area contributed by atoms with E-state index in [4.69, 9.17) is 0 Å². The van der Waals surface area contributed by atoms with Crippen molar-refractivity contribution in [1.29, 1.82) is 0 Å². The molecule has 0 heterocycles. The van der Waals surface area contributed by atoms with Gasteiger partial charge in [-0.3, -0.25) is 10.1 Å². The van der Waals surface area contributed by atoms with Gasteiger partial charge in [0.1, 0.15) is 5.82 Å². The van der Waals surface area contributed by atoms with E-state index in [0.29, 0.717) is 6.42 Å². The largest absolute Gasteiger partial charge is 0.269 e. The zero-order chi connectivity index (χ0) is 16.2. The molecule has 0 radical (unpaired) electrons. The third kappa shape index (κ3) is 4.09. The highest BCUT2D eigenvalue weighted by atomic mass is 32.2. The van der Waals surface area contributed by atoms with Gasteiger partial charge >= 0.3 is 0 Å². The van der Waals surface area contributed by atoms with Crippen LogP contribution >= 0.6 is 0 Å². The zero-order valence-corrected chi connectivity index (χ0v) is 12.2. The average molecular weight is 324 g/mol. The van der Waals surface area contributed by atoms with Crippen molar-refractivity contribution < 1.29 is 17.7 Å². The second kappa shape index (κ2) is 6.63. The van der Waals surface area contributed by atoms with Crippen LogP contribution < -0.4 is 4.72 Å². The maximum atomic E-state index is 13.0. The molecule has 0 atom stereocenters. The molecule has 0 aromatic heterocycles. The predicted molar refractivity (Wildman–Crippen MR) is 78.4 cm³/mol. The standard InChI is InChI=1S/C14H13FN2O4S/c15-12-2-1-3-14(10-12)22(20,21)16-9-8-11-4-6-13(7-5-11)17(18)19/h1-7,10,16H,8-9H2. The number of rotatable bonds is 6. The lowest BCUT2D eigenvalue weighted by atomic mass is 10.1. The van der Waals surface area contributed by atoms with E-state index in [1.54, 1.807) is 12.1 Å². The van der Waals surface area contributed by atoms with Gasteiger partial charge in [0.15, 0.2) is 0 Å². The molecule has 0 amide bonds. The molecule has 0 aliphatic heterocycles. The van der Waals surface area contributed by atoms with Gasteiger partial charge in [-0.25, -0.2) is 17.5 Å². The van der Waals surface area contributed by atoms with Crippen LogP contribution in [0.25, 0.3) is 0 Å². The Morgan fingerprint density at radius 1 is 1.14 bits per heavy atom. The van der Waals surface area contributed by atoms with Gasteiger partial charge in [-0.2, -0.15) is 0 Å². The van der Waals surface area contributed by atoms with Crippen molar-refractivity contribution in [3.05, 3.63) is 70.0 Å². The summed E-state index contributed by atoms with van der Waals surface area (Å²) in [7, 11) is -3.77. The summed E-state index contributed by atoms with van der Waals surface area (Å²) in [4.78, 5) is 9.88. The minimum atomic E-state index is -3.77. The summed E-state index contributed by atoms with van der Waals surface area (Å²) >= 11 is 0. The molecule has 2 rings (SSSR count). The molecule has 116 valence electrons. The van der Waals surface area contributed by atoms with E-state index in [2.05, 4.69) is 4.72 Å². The molecule has 0 spiro atoms. The number of hydrogen-bond acceptors (Lipinski definition) is 4. The SMILES string of the molecule is O=[N+]([O-])c1ccc(CCNS(=O)(=O)c2cccc(F)c2)cc1. The third-order valence-corrected chi connectivity index (χ3v) is 4.42. The van der Waals surface area contributed by atoms with Crippen molar-refractivity contribution in [1.82, 2.24) is 4.72 Å². The first-order valence-electron chi connectivity index (χ1n) is 6.37. The molecule has 22 heavy (non-hydrogen) atoms. The van der Waals surface area contributed by atoms with Crippen LogP contribution in [0.1, 0.15) is 5.56 Å². The molecule has 0 saturated carbocycles. The van der Waals surface area contributed by atoms with Gasteiger partial charge in [-0.1, -0.05) is 18.2 Å². The first kappa shape index (κ1) is 16.1. The van der Waals surface area contributed by atoms with Crippen molar-refractivity contribution in [2.75, 3.05) is 6.54 Å². The Bertz CT molecular complexity index is 776. The molecule has 6 nitrogen and oxygen atoms in total. The Hall–Kier alpha value is -2.32. The van der Waals surface area contributed by atoms with E-state index in [1.807, 2.05) is 0 Å². The number of benzene rings is 2. The number of nitro benzene ring substituents is 1. The lowest BCUT2D eigenvalue weighted by Gasteiger charge is -2.07. The van der Waals surface area contributed by atoms with Crippen LogP contribution in [-0.4, -0.2) is 19.9 Å². The first-order chi connectivity index (χ1) is 10.4. The molecule has 0 aliphatic rings. The Morgan fingerprint density at radius 3 is 2.41 bits per heavy atom. The summed E-state index contributed by atoms with van der Waals surface area (Å²) in [6.07, 6.45) is 0.368. The van der Waals surface area contributed by atoms with E-state index in [1.165, 1.54) is 24.3 Å². The van der Waals surface area contributed by atoms with E-state index in [0.717, 1.165) is 17.7 Å². The lowest BCUT2D eigenvalue weighted by Crippen LogP contribution is -2.26. The molecule has 8 heteroatoms. The fraction of sp³-hybridized carbons (Fsp3) is 0.143. The maximum absolute atomic E-state index is 13.0. The molecule has 0 fully saturated rings. The highest BCUT2D eigenvalue weighted by Crippen LogP contribution is 2.13. The molecule has 0 bridgehead atoms. The van der Waals surface area contributed by atoms with Crippen LogP contribution in [-0.2, 0) is 16.4 Å². The number of non-ortho nitro benzene ring substituents is 1. The van der Waals surface area contributed by atoms with Crippen LogP contribution in [0.15, 0.2) is 53.4 Å². The summed E-state index contributed by atoms with van der Waals surface area (Å²) < 4.78 is 39.3. The Labute approximate surface area is 126 Å². The first-order valence-corrected chi connectivity index (χ1v) is 7.85. The molecular weight excluding hydrogens is 311 g/mol. The summed E-state index contributed by atoms with van der Waals surface area (Å²) in [5.74, 6) is -0.627. The minimum absolute atomic E-state index is 0.0240. The molecule has 1 N–H and O–H groups in total. The van der Waals surface area contributed by atoms with Crippen molar-refractivity contribution in [2.24, 2.45) is 0 Å². The summed E-state index contributed by atoms with van der Waals surface area (Å²) in [6, 6.07) is 10.6. The molecule has 0 aliphatic carbocycles. The third-order valence-electron chi connectivity index (χ3n) is 2.96. The van der Waals surface area contributed by atoms with Gasteiger partial charge in [-0.15, -0.1) is 0 Å². The van der Waals surface area contributed by atoms with Crippen LogP contribution in [0.3, 0.4) is 0 Å². The molecule has 2 aromatic carbocycles. The van der Waals surface area contributed by atoms with E-state index >= 15 is 0 Å². The van der Waals surface area contributed by atoms with E-state index < -0.39 is 20.8 Å². The number of nitrogens with one attached hydrogen (secondary N) is 1. The van der Waals surface area contributed by atoms with Crippen LogP contribution in [0, 0.1) is 15.9 Å². The highest BCUT2D eigenvalue weighted by Gasteiger charge is 2.14. The summed E-state index contributed by atoms with van der Waals surface area (Å²) in [5.41, 5.74) is 0.733. The molecule has 0 saturated heterocycles. The van der Waals surface area contributed by atoms with Crippen molar-refractivity contribution in [3.8, 4) is 0 Å². The number of hydrogen-bond donors (Lipinski definition) is 1. The fourth-order valence-corrected chi connectivity index (χ4v) is 2.89. The number of halogens is 1. The van der Waals surface area contributed by atoms with Gasteiger partial charge in [0.05, 0.1) is 9.82 Å². The van der Waals surface area contributed by atoms with Crippen LogP contribution in [0.5, 0.6) is 0 Å². The van der Waals surface area contributed by atoms with Gasteiger partial charge in [0.2, 0.25) is 10.0 Å². The van der Waals surface area contributed by atoms with Crippen molar-refractivity contribution in [3.63, 3.8) is 0 Å². The average Bonchev–Trinajstić information content (AvgIpc) is 2.47. The Morgan fingerprint density at radius 2 is 1.82 bits per heavy atom. The quantitative estimate of drug-likeness (QED) is 0.652. The lowest BCUT2D eigenvalue weighted by molar-refractivity contribution is -0.384. The topological polar surface area (TPSA) is 89.3 Å². The Balaban J connectivity index is 1.96. The van der Waals surface area contributed by atoms with Gasteiger partial charge < -0.3 is 0 Å². The number of sulfonamides is 1. The van der Waals surface area contributed by atoms with Gasteiger partial charge in [0.25, 0.3) is 5.69 Å². The smallest absolute Gasteiger partial charge is 0.258 e. The van der Waals surface area contributed by atoms with Crippen LogP contribution in [0.4, 0.5) is 10.1 Å².